The van der Waals surface area contributed by atoms with Crippen molar-refractivity contribution in [2.75, 3.05) is 14.1 Å². The van der Waals surface area contributed by atoms with Gasteiger partial charge in [0.15, 0.2) is 0 Å². The molecule has 0 aliphatic carbocycles. The number of nitrogens with zero attached hydrogens (tertiary/aromatic N) is 1. The summed E-state index contributed by atoms with van der Waals surface area (Å²) < 4.78 is 5.29. The zero-order valence-electron chi connectivity index (χ0n) is 10.6. The number of nitrogens with one attached hydrogen (secondary N) is 1. The van der Waals surface area contributed by atoms with E-state index in [1.807, 2.05) is 32.9 Å². The molecule has 4 heteroatoms. The largest absolute Gasteiger partial charge is 0.468 e. The Bertz CT molecular complexity index is 342. The Balaban J connectivity index is 2.69. The summed E-state index contributed by atoms with van der Waals surface area (Å²) in [5.74, 6) is 0.880. The number of rotatable bonds is 4. The van der Waals surface area contributed by atoms with Crippen LogP contribution in [0.5, 0.6) is 0 Å². The molecule has 1 aromatic heterocycles. The highest BCUT2D eigenvalue weighted by Gasteiger charge is 2.31. The Morgan fingerprint density at radius 2 is 2.12 bits per heavy atom. The SMILES string of the molecule is CC(NC(C)(C)C(=O)N(C)C)c1ccco1. The topological polar surface area (TPSA) is 45.5 Å². The molecular weight excluding hydrogens is 204 g/mol. The lowest BCUT2D eigenvalue weighted by molar-refractivity contribution is -0.134. The van der Waals surface area contributed by atoms with Crippen molar-refractivity contribution < 1.29 is 9.21 Å². The van der Waals surface area contributed by atoms with Crippen molar-refractivity contribution in [3.05, 3.63) is 24.2 Å². The number of hydrogen-bond donors (Lipinski definition) is 1. The number of likely N-dealkylation sites (N-methyl/N-ethyl adjacent to an activating group) is 1. The quantitative estimate of drug-likeness (QED) is 0.848. The molecule has 1 rings (SSSR count). The highest BCUT2D eigenvalue weighted by Crippen LogP contribution is 2.17. The second-order valence-corrected chi connectivity index (χ2v) is 4.71. The third-order valence-electron chi connectivity index (χ3n) is 2.49. The molecule has 0 aromatic carbocycles. The smallest absolute Gasteiger partial charge is 0.241 e. The number of furan rings is 1. The molecule has 1 N–H and O–H groups in total. The molecule has 1 heterocycles. The van der Waals surface area contributed by atoms with Gasteiger partial charge in [-0.25, -0.2) is 0 Å². The zero-order valence-corrected chi connectivity index (χ0v) is 10.6. The van der Waals surface area contributed by atoms with E-state index in [1.165, 1.54) is 0 Å². The first kappa shape index (κ1) is 12.8. The Labute approximate surface area is 96.6 Å². The molecule has 90 valence electrons. The molecular formula is C12H20N2O2. The van der Waals surface area contributed by atoms with Crippen LogP contribution in [0.3, 0.4) is 0 Å². The fourth-order valence-corrected chi connectivity index (χ4v) is 1.77. The standard InChI is InChI=1S/C12H20N2O2/c1-9(10-7-6-8-16-10)13-12(2,3)11(15)14(4)5/h6-9,13H,1-5H3. The third kappa shape index (κ3) is 2.85. The van der Waals surface area contributed by atoms with E-state index < -0.39 is 5.54 Å². The second kappa shape index (κ2) is 4.70. The fraction of sp³-hybridized carbons (Fsp3) is 0.583. The first-order chi connectivity index (χ1) is 7.34. The Kier molecular flexibility index (Phi) is 3.75. The van der Waals surface area contributed by atoms with Crippen molar-refractivity contribution >= 4 is 5.91 Å². The van der Waals surface area contributed by atoms with Gasteiger partial charge in [0.2, 0.25) is 5.91 Å². The van der Waals surface area contributed by atoms with Crippen LogP contribution < -0.4 is 5.32 Å². The normalized spacial score (nSPS) is 13.6. The zero-order chi connectivity index (χ0) is 12.3. The highest BCUT2D eigenvalue weighted by molar-refractivity contribution is 5.85. The van der Waals surface area contributed by atoms with Crippen molar-refractivity contribution in [3.63, 3.8) is 0 Å². The lowest BCUT2D eigenvalue weighted by Crippen LogP contribution is -2.52. The molecule has 4 nitrogen and oxygen atoms in total. The van der Waals surface area contributed by atoms with Crippen molar-refractivity contribution in [3.8, 4) is 0 Å². The third-order valence-corrected chi connectivity index (χ3v) is 2.49. The van der Waals surface area contributed by atoms with Gasteiger partial charge in [-0.05, 0) is 32.9 Å². The van der Waals surface area contributed by atoms with Crippen molar-refractivity contribution in [2.24, 2.45) is 0 Å². The number of carbonyl (C=O) groups is 1. The van der Waals surface area contributed by atoms with Gasteiger partial charge in [-0.15, -0.1) is 0 Å². The number of carbonyl (C=O) groups excluding carboxylic acids is 1. The summed E-state index contributed by atoms with van der Waals surface area (Å²) in [4.78, 5) is 13.5. The average molecular weight is 224 g/mol. The van der Waals surface area contributed by atoms with E-state index in [0.717, 1.165) is 5.76 Å². The van der Waals surface area contributed by atoms with Crippen LogP contribution in [-0.4, -0.2) is 30.4 Å². The molecule has 0 saturated heterocycles. The van der Waals surface area contributed by atoms with Crippen LogP contribution in [0.4, 0.5) is 0 Å². The van der Waals surface area contributed by atoms with Gasteiger partial charge in [-0.1, -0.05) is 0 Å². The van der Waals surface area contributed by atoms with Crippen LogP contribution in [0.25, 0.3) is 0 Å². The maximum absolute atomic E-state index is 11.9. The maximum atomic E-state index is 11.9. The predicted octanol–water partition coefficient (Wildman–Crippen LogP) is 1.80. The van der Waals surface area contributed by atoms with Crippen molar-refractivity contribution in [1.29, 1.82) is 0 Å². The average Bonchev–Trinajstić information content (AvgIpc) is 2.68. The molecule has 0 saturated carbocycles. The summed E-state index contributed by atoms with van der Waals surface area (Å²) in [5.41, 5.74) is -0.601. The van der Waals surface area contributed by atoms with E-state index in [4.69, 9.17) is 4.42 Å². The van der Waals surface area contributed by atoms with Gasteiger partial charge in [-0.3, -0.25) is 10.1 Å². The van der Waals surface area contributed by atoms with Gasteiger partial charge >= 0.3 is 0 Å². The minimum absolute atomic E-state index is 0.00824. The first-order valence-electron chi connectivity index (χ1n) is 5.37. The Morgan fingerprint density at radius 1 is 1.50 bits per heavy atom. The van der Waals surface area contributed by atoms with Crippen LogP contribution in [0.1, 0.15) is 32.6 Å². The first-order valence-corrected chi connectivity index (χ1v) is 5.37. The molecule has 0 radical (unpaired) electrons. The molecule has 16 heavy (non-hydrogen) atoms. The second-order valence-electron chi connectivity index (χ2n) is 4.71. The minimum Gasteiger partial charge on any atom is -0.468 e. The molecule has 0 spiro atoms. The molecule has 1 unspecified atom stereocenters. The van der Waals surface area contributed by atoms with E-state index in [0.29, 0.717) is 0 Å². The van der Waals surface area contributed by atoms with E-state index in [2.05, 4.69) is 5.32 Å². The molecule has 1 amide bonds. The Hall–Kier alpha value is -1.29. The molecule has 0 aliphatic heterocycles. The summed E-state index contributed by atoms with van der Waals surface area (Å²) in [6.45, 7) is 5.72. The van der Waals surface area contributed by atoms with Gasteiger partial charge in [0.05, 0.1) is 17.8 Å². The molecule has 0 bridgehead atoms. The molecule has 1 aromatic rings. The highest BCUT2D eigenvalue weighted by atomic mass is 16.3. The number of hydrogen-bond acceptors (Lipinski definition) is 3. The summed E-state index contributed by atoms with van der Waals surface area (Å²) in [6.07, 6.45) is 1.63. The maximum Gasteiger partial charge on any atom is 0.241 e. The van der Waals surface area contributed by atoms with Crippen LogP contribution in [0.2, 0.25) is 0 Å². The summed E-state index contributed by atoms with van der Waals surface area (Å²) in [6, 6.07) is 3.75. The van der Waals surface area contributed by atoms with Crippen molar-refractivity contribution in [1.82, 2.24) is 10.2 Å². The lowest BCUT2D eigenvalue weighted by Gasteiger charge is -2.30. The Morgan fingerprint density at radius 3 is 2.56 bits per heavy atom. The molecule has 1 atom stereocenters. The van der Waals surface area contributed by atoms with Gasteiger partial charge in [-0.2, -0.15) is 0 Å². The van der Waals surface area contributed by atoms with Crippen LogP contribution in [-0.2, 0) is 4.79 Å². The van der Waals surface area contributed by atoms with Gasteiger partial charge in [0.25, 0.3) is 0 Å². The van der Waals surface area contributed by atoms with Crippen molar-refractivity contribution in [2.45, 2.75) is 32.4 Å². The van der Waals surface area contributed by atoms with Crippen LogP contribution in [0, 0.1) is 0 Å². The summed E-state index contributed by atoms with van der Waals surface area (Å²) in [5, 5.41) is 3.25. The van der Waals surface area contributed by atoms with Gasteiger partial charge in [0.1, 0.15) is 5.76 Å². The molecule has 0 aliphatic rings. The monoisotopic (exact) mass is 224 g/mol. The van der Waals surface area contributed by atoms with E-state index >= 15 is 0 Å². The van der Waals surface area contributed by atoms with Gasteiger partial charge < -0.3 is 9.32 Å². The predicted molar refractivity (Wildman–Crippen MR) is 63.0 cm³/mol. The number of amides is 1. The lowest BCUT2D eigenvalue weighted by atomic mass is 10.0. The molecule has 0 fully saturated rings. The summed E-state index contributed by atoms with van der Waals surface area (Å²) >= 11 is 0. The summed E-state index contributed by atoms with van der Waals surface area (Å²) in [7, 11) is 3.51. The van der Waals surface area contributed by atoms with E-state index in [1.54, 1.807) is 25.3 Å². The van der Waals surface area contributed by atoms with Crippen LogP contribution in [0.15, 0.2) is 22.8 Å². The van der Waals surface area contributed by atoms with E-state index in [9.17, 15) is 4.79 Å². The van der Waals surface area contributed by atoms with Gasteiger partial charge in [0, 0.05) is 14.1 Å². The fourth-order valence-electron chi connectivity index (χ4n) is 1.77. The van der Waals surface area contributed by atoms with E-state index in [-0.39, 0.29) is 11.9 Å². The van der Waals surface area contributed by atoms with Crippen LogP contribution >= 0.6 is 0 Å². The minimum atomic E-state index is -0.601.